The summed E-state index contributed by atoms with van der Waals surface area (Å²) >= 11 is 0. The maximum absolute atomic E-state index is 13.2. The number of ether oxygens (including phenoxy) is 3. The molecule has 2 aromatic rings. The summed E-state index contributed by atoms with van der Waals surface area (Å²) in [5.74, 6) is 1.62. The number of rotatable bonds is 9. The largest absolute Gasteiger partial charge is 0.493 e. The van der Waals surface area contributed by atoms with Crippen molar-refractivity contribution in [2.45, 2.75) is 12.6 Å². The maximum Gasteiger partial charge on any atom is 0.203 e. The minimum Gasteiger partial charge on any atom is -0.493 e. The third kappa shape index (κ3) is 4.86. The summed E-state index contributed by atoms with van der Waals surface area (Å²) in [5.41, 5.74) is 2.09. The van der Waals surface area contributed by atoms with Crippen molar-refractivity contribution in [2.24, 2.45) is 0 Å². The maximum atomic E-state index is 13.2. The Bertz CT molecular complexity index is 680. The SMILES string of the molecule is COc1cc(CNCC(c2ccc(F)cc2)N(C)C)cc(OC)c1OC. The molecule has 0 bridgehead atoms. The average Bonchev–Trinajstić information content (AvgIpc) is 2.65. The second kappa shape index (κ2) is 9.40. The molecule has 26 heavy (non-hydrogen) atoms. The highest BCUT2D eigenvalue weighted by atomic mass is 19.1. The number of hydrogen-bond acceptors (Lipinski definition) is 5. The van der Waals surface area contributed by atoms with Gasteiger partial charge >= 0.3 is 0 Å². The van der Waals surface area contributed by atoms with Gasteiger partial charge in [-0.05, 0) is 49.5 Å². The summed E-state index contributed by atoms with van der Waals surface area (Å²) in [7, 11) is 8.81. The molecule has 142 valence electrons. The van der Waals surface area contributed by atoms with Gasteiger partial charge in [0.25, 0.3) is 0 Å². The summed E-state index contributed by atoms with van der Waals surface area (Å²) in [5, 5.41) is 3.45. The minimum atomic E-state index is -0.225. The van der Waals surface area contributed by atoms with Gasteiger partial charge in [-0.1, -0.05) is 12.1 Å². The first-order chi connectivity index (χ1) is 12.5. The molecule has 2 rings (SSSR count). The molecule has 0 aromatic heterocycles. The van der Waals surface area contributed by atoms with Crippen LogP contribution in [0.5, 0.6) is 17.2 Å². The van der Waals surface area contributed by atoms with Crippen molar-refractivity contribution in [1.82, 2.24) is 10.2 Å². The normalized spacial score (nSPS) is 12.1. The highest BCUT2D eigenvalue weighted by molar-refractivity contribution is 5.53. The van der Waals surface area contributed by atoms with Gasteiger partial charge in [-0.2, -0.15) is 0 Å². The molecule has 6 heteroatoms. The van der Waals surface area contributed by atoms with E-state index in [9.17, 15) is 4.39 Å². The second-order valence-corrected chi connectivity index (χ2v) is 6.20. The zero-order chi connectivity index (χ0) is 19.1. The van der Waals surface area contributed by atoms with Crippen LogP contribution in [0.3, 0.4) is 0 Å². The Hall–Kier alpha value is -2.31. The van der Waals surface area contributed by atoms with Crippen molar-refractivity contribution in [2.75, 3.05) is 42.0 Å². The van der Waals surface area contributed by atoms with Crippen molar-refractivity contribution in [1.29, 1.82) is 0 Å². The van der Waals surface area contributed by atoms with Gasteiger partial charge in [-0.25, -0.2) is 4.39 Å². The predicted molar refractivity (Wildman–Crippen MR) is 101 cm³/mol. The van der Waals surface area contributed by atoms with Crippen LogP contribution in [-0.2, 0) is 6.54 Å². The molecule has 0 heterocycles. The fourth-order valence-electron chi connectivity index (χ4n) is 2.87. The van der Waals surface area contributed by atoms with Gasteiger partial charge in [-0.15, -0.1) is 0 Å². The molecule has 0 saturated heterocycles. The Balaban J connectivity index is 2.08. The number of benzene rings is 2. The van der Waals surface area contributed by atoms with E-state index in [0.717, 1.165) is 17.7 Å². The van der Waals surface area contributed by atoms with Crippen LogP contribution in [0.2, 0.25) is 0 Å². The van der Waals surface area contributed by atoms with Crippen LogP contribution in [0.1, 0.15) is 17.2 Å². The highest BCUT2D eigenvalue weighted by Crippen LogP contribution is 2.38. The summed E-state index contributed by atoms with van der Waals surface area (Å²) in [6.07, 6.45) is 0. The van der Waals surface area contributed by atoms with Crippen LogP contribution in [0, 0.1) is 5.82 Å². The molecule has 0 saturated carbocycles. The lowest BCUT2D eigenvalue weighted by molar-refractivity contribution is 0.288. The van der Waals surface area contributed by atoms with E-state index >= 15 is 0 Å². The number of halogens is 1. The van der Waals surface area contributed by atoms with E-state index in [1.54, 1.807) is 21.3 Å². The van der Waals surface area contributed by atoms with Crippen LogP contribution >= 0.6 is 0 Å². The number of likely N-dealkylation sites (N-methyl/N-ethyl adjacent to an activating group) is 1. The van der Waals surface area contributed by atoms with E-state index in [-0.39, 0.29) is 11.9 Å². The van der Waals surface area contributed by atoms with Crippen molar-refractivity contribution >= 4 is 0 Å². The lowest BCUT2D eigenvalue weighted by Gasteiger charge is -2.25. The first-order valence-corrected chi connectivity index (χ1v) is 8.41. The van der Waals surface area contributed by atoms with Crippen LogP contribution < -0.4 is 19.5 Å². The summed E-state index contributed by atoms with van der Waals surface area (Å²) in [6, 6.07) is 10.6. The van der Waals surface area contributed by atoms with Crippen molar-refractivity contribution in [3.8, 4) is 17.2 Å². The molecular formula is C20H27FN2O3. The van der Waals surface area contributed by atoms with E-state index in [1.165, 1.54) is 12.1 Å². The monoisotopic (exact) mass is 362 g/mol. The van der Waals surface area contributed by atoms with E-state index in [4.69, 9.17) is 14.2 Å². The molecule has 1 unspecified atom stereocenters. The van der Waals surface area contributed by atoms with Crippen molar-refractivity contribution in [3.05, 3.63) is 53.3 Å². The summed E-state index contributed by atoms with van der Waals surface area (Å²) in [6.45, 7) is 1.36. The Morgan fingerprint density at radius 2 is 1.54 bits per heavy atom. The highest BCUT2D eigenvalue weighted by Gasteiger charge is 2.16. The predicted octanol–water partition coefficient (Wildman–Crippen LogP) is 3.24. The molecule has 0 aliphatic heterocycles. The third-order valence-corrected chi connectivity index (χ3v) is 4.27. The molecule has 0 spiro atoms. The molecule has 0 amide bonds. The lowest BCUT2D eigenvalue weighted by atomic mass is 10.1. The molecule has 1 atom stereocenters. The standard InChI is InChI=1S/C20H27FN2O3/c1-23(2)17(15-6-8-16(21)9-7-15)13-22-12-14-10-18(24-3)20(26-5)19(11-14)25-4/h6-11,17,22H,12-13H2,1-5H3. The first-order valence-electron chi connectivity index (χ1n) is 8.41. The minimum absolute atomic E-state index is 0.137. The molecule has 0 aliphatic rings. The molecular weight excluding hydrogens is 335 g/mol. The van der Waals surface area contributed by atoms with Gasteiger partial charge < -0.3 is 24.4 Å². The molecule has 5 nitrogen and oxygen atoms in total. The van der Waals surface area contributed by atoms with Crippen molar-refractivity contribution < 1.29 is 18.6 Å². The second-order valence-electron chi connectivity index (χ2n) is 6.20. The lowest BCUT2D eigenvalue weighted by Crippen LogP contribution is -2.30. The van der Waals surface area contributed by atoms with Crippen LogP contribution in [0.25, 0.3) is 0 Å². The van der Waals surface area contributed by atoms with Crippen LogP contribution in [0.4, 0.5) is 4.39 Å². The van der Waals surface area contributed by atoms with E-state index < -0.39 is 0 Å². The fourth-order valence-corrected chi connectivity index (χ4v) is 2.87. The zero-order valence-electron chi connectivity index (χ0n) is 16.0. The zero-order valence-corrected chi connectivity index (χ0v) is 16.0. The van der Waals surface area contributed by atoms with Gasteiger partial charge in [-0.3, -0.25) is 0 Å². The van der Waals surface area contributed by atoms with E-state index in [2.05, 4.69) is 10.2 Å². The molecule has 1 N–H and O–H groups in total. The number of nitrogens with zero attached hydrogens (tertiary/aromatic N) is 1. The van der Waals surface area contributed by atoms with Gasteiger partial charge in [0.1, 0.15) is 5.82 Å². The Morgan fingerprint density at radius 1 is 0.962 bits per heavy atom. The van der Waals surface area contributed by atoms with Gasteiger partial charge in [0.05, 0.1) is 21.3 Å². The number of methoxy groups -OCH3 is 3. The van der Waals surface area contributed by atoms with E-state index in [1.807, 2.05) is 38.4 Å². The smallest absolute Gasteiger partial charge is 0.203 e. The summed E-state index contributed by atoms with van der Waals surface area (Å²) < 4.78 is 29.3. The Kier molecular flexibility index (Phi) is 7.24. The molecule has 2 aromatic carbocycles. The average molecular weight is 362 g/mol. The quantitative estimate of drug-likeness (QED) is 0.742. The number of nitrogens with one attached hydrogen (secondary N) is 1. The van der Waals surface area contributed by atoms with Gasteiger partial charge in [0.2, 0.25) is 5.75 Å². The third-order valence-electron chi connectivity index (χ3n) is 4.27. The van der Waals surface area contributed by atoms with Crippen LogP contribution in [-0.4, -0.2) is 46.9 Å². The summed E-state index contributed by atoms with van der Waals surface area (Å²) in [4.78, 5) is 2.11. The topological polar surface area (TPSA) is 43.0 Å². The first kappa shape index (κ1) is 20.0. The Labute approximate surface area is 154 Å². The van der Waals surface area contributed by atoms with Gasteiger partial charge in [0.15, 0.2) is 11.5 Å². The Morgan fingerprint density at radius 3 is 2.00 bits per heavy atom. The molecule has 0 aliphatic carbocycles. The number of hydrogen-bond donors (Lipinski definition) is 1. The van der Waals surface area contributed by atoms with E-state index in [0.29, 0.717) is 23.8 Å². The molecule has 0 radical (unpaired) electrons. The molecule has 0 fully saturated rings. The van der Waals surface area contributed by atoms with Crippen molar-refractivity contribution in [3.63, 3.8) is 0 Å². The van der Waals surface area contributed by atoms with Crippen LogP contribution in [0.15, 0.2) is 36.4 Å². The van der Waals surface area contributed by atoms with Gasteiger partial charge in [0, 0.05) is 19.1 Å². The fraction of sp³-hybridized carbons (Fsp3) is 0.400.